The minimum Gasteiger partial charge on any atom is -0.478 e. The molecule has 0 fully saturated rings. The van der Waals surface area contributed by atoms with Crippen LogP contribution in [0.25, 0.3) is 0 Å². The van der Waals surface area contributed by atoms with Gasteiger partial charge in [0.15, 0.2) is 0 Å². The van der Waals surface area contributed by atoms with Gasteiger partial charge in [-0.3, -0.25) is 4.79 Å². The van der Waals surface area contributed by atoms with Crippen molar-refractivity contribution in [1.29, 1.82) is 0 Å². The fraction of sp³-hybridized carbons (Fsp3) is 0.346. The van der Waals surface area contributed by atoms with Gasteiger partial charge in [0.25, 0.3) is 0 Å². The van der Waals surface area contributed by atoms with Crippen LogP contribution in [0.4, 0.5) is 4.79 Å². The number of hydrogen-bond donors (Lipinski definition) is 2. The fourth-order valence-corrected chi connectivity index (χ4v) is 4.39. The van der Waals surface area contributed by atoms with E-state index in [0.29, 0.717) is 35.7 Å². The Morgan fingerprint density at radius 2 is 1.85 bits per heavy atom. The molecule has 0 bridgehead atoms. The van der Waals surface area contributed by atoms with Gasteiger partial charge in [-0.15, -0.1) is 0 Å². The molecule has 0 spiro atoms. The Morgan fingerprint density at radius 1 is 1.12 bits per heavy atom. The third-order valence-electron chi connectivity index (χ3n) is 5.96. The van der Waals surface area contributed by atoms with E-state index < -0.39 is 12.0 Å². The lowest BCUT2D eigenvalue weighted by molar-refractivity contribution is -0.133. The number of urea groups is 1. The highest BCUT2D eigenvalue weighted by Crippen LogP contribution is 2.34. The van der Waals surface area contributed by atoms with Crippen LogP contribution in [0, 0.1) is 0 Å². The Labute approximate surface area is 205 Å². The first-order valence-electron chi connectivity index (χ1n) is 11.3. The van der Waals surface area contributed by atoms with Crippen molar-refractivity contribution in [1.82, 2.24) is 15.1 Å². The van der Waals surface area contributed by atoms with Crippen molar-refractivity contribution >= 4 is 29.5 Å². The van der Waals surface area contributed by atoms with Gasteiger partial charge in [0.05, 0.1) is 11.6 Å². The van der Waals surface area contributed by atoms with E-state index in [4.69, 9.17) is 11.6 Å². The van der Waals surface area contributed by atoms with E-state index in [1.807, 2.05) is 18.2 Å². The van der Waals surface area contributed by atoms with Gasteiger partial charge in [-0.25, -0.2) is 9.59 Å². The monoisotopic (exact) mass is 483 g/mol. The van der Waals surface area contributed by atoms with Gasteiger partial charge < -0.3 is 20.2 Å². The number of carboxylic acids is 1. The van der Waals surface area contributed by atoms with Crippen LogP contribution in [0.2, 0.25) is 5.02 Å². The molecule has 8 heteroatoms. The van der Waals surface area contributed by atoms with Crippen LogP contribution in [-0.4, -0.2) is 53.0 Å². The maximum Gasteiger partial charge on any atom is 0.335 e. The molecule has 1 aliphatic heterocycles. The lowest BCUT2D eigenvalue weighted by Gasteiger charge is -2.37. The molecule has 2 N–H and O–H groups in total. The van der Waals surface area contributed by atoms with Crippen molar-refractivity contribution in [3.05, 3.63) is 82.0 Å². The second-order valence-electron chi connectivity index (χ2n) is 8.43. The average Bonchev–Trinajstić information content (AvgIpc) is 2.80. The van der Waals surface area contributed by atoms with Crippen molar-refractivity contribution in [2.75, 3.05) is 20.1 Å². The third kappa shape index (κ3) is 6.38. The SMILES string of the molecule is CC1=C(C(=O)O)C(c2cccc(Cl)c2)N(CCCN(C)C(=O)CCCc2ccccc2)C(=O)N1. The number of aryl methyl sites for hydroxylation is 1. The van der Waals surface area contributed by atoms with Crippen LogP contribution < -0.4 is 5.32 Å². The quantitative estimate of drug-likeness (QED) is 0.515. The van der Waals surface area contributed by atoms with Crippen molar-refractivity contribution in [3.63, 3.8) is 0 Å². The van der Waals surface area contributed by atoms with E-state index in [-0.39, 0.29) is 24.1 Å². The van der Waals surface area contributed by atoms with E-state index in [9.17, 15) is 19.5 Å². The molecule has 180 valence electrons. The number of carbonyl (C=O) groups excluding carboxylic acids is 2. The number of amides is 3. The number of allylic oxidation sites excluding steroid dienone is 1. The first-order chi connectivity index (χ1) is 16.3. The zero-order valence-electron chi connectivity index (χ0n) is 19.5. The number of aliphatic carboxylic acids is 1. The number of benzene rings is 2. The Bertz CT molecular complexity index is 1070. The fourth-order valence-electron chi connectivity index (χ4n) is 4.19. The second kappa shape index (κ2) is 11.7. The Balaban J connectivity index is 1.62. The molecule has 0 aliphatic carbocycles. The molecule has 2 aromatic rings. The zero-order chi connectivity index (χ0) is 24.7. The molecular formula is C26H30ClN3O4. The highest BCUT2D eigenvalue weighted by Gasteiger charge is 2.37. The highest BCUT2D eigenvalue weighted by molar-refractivity contribution is 6.30. The molecular weight excluding hydrogens is 454 g/mol. The van der Waals surface area contributed by atoms with Crippen LogP contribution >= 0.6 is 11.6 Å². The van der Waals surface area contributed by atoms with E-state index in [1.54, 1.807) is 43.1 Å². The molecule has 1 unspecified atom stereocenters. The number of halogens is 1. The molecule has 3 amide bonds. The lowest BCUT2D eigenvalue weighted by atomic mass is 9.93. The number of carboxylic acid groups (broad SMARTS) is 1. The average molecular weight is 484 g/mol. The Kier molecular flexibility index (Phi) is 8.71. The Hall–Kier alpha value is -3.32. The molecule has 0 radical (unpaired) electrons. The smallest absolute Gasteiger partial charge is 0.335 e. The maximum atomic E-state index is 12.8. The summed E-state index contributed by atoms with van der Waals surface area (Å²) in [6, 6.07) is 15.8. The number of carbonyl (C=O) groups is 3. The number of rotatable bonds is 10. The highest BCUT2D eigenvalue weighted by atomic mass is 35.5. The van der Waals surface area contributed by atoms with Gasteiger partial charge in [0, 0.05) is 37.3 Å². The molecule has 1 aliphatic rings. The zero-order valence-corrected chi connectivity index (χ0v) is 20.2. The first kappa shape index (κ1) is 25.3. The molecule has 1 heterocycles. The van der Waals surface area contributed by atoms with Crippen LogP contribution in [0.5, 0.6) is 0 Å². The van der Waals surface area contributed by atoms with E-state index in [1.165, 1.54) is 10.5 Å². The van der Waals surface area contributed by atoms with E-state index in [2.05, 4.69) is 17.4 Å². The first-order valence-corrected chi connectivity index (χ1v) is 11.7. The van der Waals surface area contributed by atoms with Crippen LogP contribution in [0.3, 0.4) is 0 Å². The summed E-state index contributed by atoms with van der Waals surface area (Å²) < 4.78 is 0. The number of hydrogen-bond acceptors (Lipinski definition) is 3. The van der Waals surface area contributed by atoms with Crippen molar-refractivity contribution in [2.24, 2.45) is 0 Å². The van der Waals surface area contributed by atoms with Gasteiger partial charge in [-0.1, -0.05) is 54.1 Å². The Morgan fingerprint density at radius 3 is 2.53 bits per heavy atom. The molecule has 0 saturated carbocycles. The predicted octanol–water partition coefficient (Wildman–Crippen LogP) is 4.64. The molecule has 0 aromatic heterocycles. The lowest BCUT2D eigenvalue weighted by Crippen LogP contribution is -2.49. The molecule has 34 heavy (non-hydrogen) atoms. The minimum atomic E-state index is -1.10. The van der Waals surface area contributed by atoms with Crippen molar-refractivity contribution < 1.29 is 19.5 Å². The topological polar surface area (TPSA) is 90.0 Å². The van der Waals surface area contributed by atoms with E-state index >= 15 is 0 Å². The van der Waals surface area contributed by atoms with Crippen LogP contribution in [-0.2, 0) is 16.0 Å². The molecule has 0 saturated heterocycles. The number of nitrogens with one attached hydrogen (secondary N) is 1. The van der Waals surface area contributed by atoms with Gasteiger partial charge in [0.1, 0.15) is 0 Å². The molecule has 3 rings (SSSR count). The van der Waals surface area contributed by atoms with Gasteiger partial charge >= 0.3 is 12.0 Å². The van der Waals surface area contributed by atoms with E-state index in [0.717, 1.165) is 12.8 Å². The van der Waals surface area contributed by atoms with Crippen LogP contribution in [0.1, 0.15) is 43.4 Å². The summed E-state index contributed by atoms with van der Waals surface area (Å²) in [5.74, 6) is -1.05. The summed E-state index contributed by atoms with van der Waals surface area (Å²) in [5, 5.41) is 13.0. The summed E-state index contributed by atoms with van der Waals surface area (Å²) in [7, 11) is 1.75. The summed E-state index contributed by atoms with van der Waals surface area (Å²) in [6.07, 6.45) is 2.58. The summed E-state index contributed by atoms with van der Waals surface area (Å²) >= 11 is 6.15. The summed E-state index contributed by atoms with van der Waals surface area (Å²) in [4.78, 5) is 40.5. The second-order valence-corrected chi connectivity index (χ2v) is 8.87. The standard InChI is InChI=1S/C26H30ClN3O4/c1-18-23(25(32)33)24(20-12-7-13-21(27)17-20)30(26(34)28-18)16-8-15-29(2)22(31)14-6-11-19-9-4-3-5-10-19/h3-5,7,9-10,12-13,17,24H,6,8,11,14-16H2,1-2H3,(H,28,34)(H,32,33). The maximum absolute atomic E-state index is 12.8. The molecule has 1 atom stereocenters. The van der Waals surface area contributed by atoms with Gasteiger partial charge in [0.2, 0.25) is 5.91 Å². The van der Waals surface area contributed by atoms with Crippen molar-refractivity contribution in [3.8, 4) is 0 Å². The predicted molar refractivity (Wildman–Crippen MR) is 131 cm³/mol. The number of nitrogens with zero attached hydrogens (tertiary/aromatic N) is 2. The third-order valence-corrected chi connectivity index (χ3v) is 6.19. The summed E-state index contributed by atoms with van der Waals surface area (Å²) in [6.45, 7) is 2.33. The molecule has 7 nitrogen and oxygen atoms in total. The normalized spacial score (nSPS) is 15.8. The van der Waals surface area contributed by atoms with Gasteiger partial charge in [-0.05, 0) is 49.4 Å². The van der Waals surface area contributed by atoms with Gasteiger partial charge in [-0.2, -0.15) is 0 Å². The van der Waals surface area contributed by atoms with Crippen molar-refractivity contribution in [2.45, 2.75) is 38.6 Å². The van der Waals surface area contributed by atoms with Crippen LogP contribution in [0.15, 0.2) is 65.9 Å². The minimum absolute atomic E-state index is 0.0485. The summed E-state index contributed by atoms with van der Waals surface area (Å²) in [5.41, 5.74) is 2.25. The largest absolute Gasteiger partial charge is 0.478 e. The molecule has 2 aromatic carbocycles.